The quantitative estimate of drug-likeness (QED) is 0.635. The highest BCUT2D eigenvalue weighted by Gasteiger charge is 2.12. The predicted octanol–water partition coefficient (Wildman–Crippen LogP) is 5.35. The van der Waals surface area contributed by atoms with Crippen LogP contribution in [-0.2, 0) is 0 Å². The van der Waals surface area contributed by atoms with Gasteiger partial charge in [0, 0.05) is 29.0 Å². The van der Waals surface area contributed by atoms with E-state index in [1.807, 2.05) is 37.3 Å². The van der Waals surface area contributed by atoms with Crippen LogP contribution in [0.15, 0.2) is 54.6 Å². The summed E-state index contributed by atoms with van der Waals surface area (Å²) in [5.74, 6) is 2.00. The fourth-order valence-corrected chi connectivity index (χ4v) is 2.90. The van der Waals surface area contributed by atoms with Crippen molar-refractivity contribution in [1.29, 1.82) is 0 Å². The van der Waals surface area contributed by atoms with Gasteiger partial charge in [-0.2, -0.15) is 4.98 Å². The van der Waals surface area contributed by atoms with Crippen LogP contribution in [0.1, 0.15) is 12.6 Å². The van der Waals surface area contributed by atoms with Gasteiger partial charge in [0.2, 0.25) is 5.95 Å². The second-order valence-electron chi connectivity index (χ2n) is 5.74. The highest BCUT2D eigenvalue weighted by molar-refractivity contribution is 6.31. The van der Waals surface area contributed by atoms with Crippen molar-refractivity contribution in [1.82, 2.24) is 9.97 Å². The molecule has 0 aliphatic heterocycles. The minimum Gasteiger partial charge on any atom is -0.495 e. The third kappa shape index (κ3) is 4.06. The number of halogens is 1. The Balaban J connectivity index is 1.97. The summed E-state index contributed by atoms with van der Waals surface area (Å²) < 4.78 is 5.38. The van der Waals surface area contributed by atoms with Crippen LogP contribution >= 0.6 is 11.6 Å². The Kier molecular flexibility index (Phi) is 5.58. The van der Waals surface area contributed by atoms with Crippen molar-refractivity contribution in [3.05, 3.63) is 65.3 Å². The number of para-hydroxylation sites is 1. The molecular weight excluding hydrogens is 348 g/mol. The summed E-state index contributed by atoms with van der Waals surface area (Å²) in [4.78, 5) is 11.3. The average molecular weight is 369 g/mol. The molecule has 1 aromatic heterocycles. The van der Waals surface area contributed by atoms with Crippen LogP contribution in [0.5, 0.6) is 5.75 Å². The second kappa shape index (κ2) is 8.06. The number of hydrogen-bond donors (Lipinski definition) is 1. The molecule has 26 heavy (non-hydrogen) atoms. The van der Waals surface area contributed by atoms with Crippen molar-refractivity contribution in [3.8, 4) is 5.75 Å². The molecule has 6 heteroatoms. The first-order valence-electron chi connectivity index (χ1n) is 8.39. The molecule has 3 aromatic rings. The van der Waals surface area contributed by atoms with E-state index in [2.05, 4.69) is 39.2 Å². The second-order valence-corrected chi connectivity index (χ2v) is 6.18. The van der Waals surface area contributed by atoms with E-state index in [1.54, 1.807) is 19.2 Å². The lowest BCUT2D eigenvalue weighted by atomic mass is 10.2. The first-order valence-corrected chi connectivity index (χ1v) is 8.77. The number of methoxy groups -OCH3 is 1. The maximum atomic E-state index is 6.11. The minimum absolute atomic E-state index is 0.495. The molecule has 3 rings (SSSR count). The first kappa shape index (κ1) is 18.0. The van der Waals surface area contributed by atoms with Crippen molar-refractivity contribution in [2.24, 2.45) is 0 Å². The number of anilines is 4. The normalized spacial score (nSPS) is 10.5. The van der Waals surface area contributed by atoms with Crippen LogP contribution in [0.25, 0.3) is 0 Å². The monoisotopic (exact) mass is 368 g/mol. The van der Waals surface area contributed by atoms with Gasteiger partial charge in [0.15, 0.2) is 0 Å². The van der Waals surface area contributed by atoms with Gasteiger partial charge in [0.25, 0.3) is 0 Å². The summed E-state index contributed by atoms with van der Waals surface area (Å²) in [6.45, 7) is 4.84. The van der Waals surface area contributed by atoms with Crippen LogP contribution < -0.4 is 15.0 Å². The lowest BCUT2D eigenvalue weighted by Crippen LogP contribution is -2.18. The predicted molar refractivity (Wildman–Crippen MR) is 107 cm³/mol. The molecule has 0 atom stereocenters. The highest BCUT2D eigenvalue weighted by atomic mass is 35.5. The molecule has 0 aliphatic carbocycles. The molecule has 134 valence electrons. The number of aromatic nitrogens is 2. The van der Waals surface area contributed by atoms with Gasteiger partial charge in [-0.25, -0.2) is 4.98 Å². The summed E-state index contributed by atoms with van der Waals surface area (Å²) in [5.41, 5.74) is 2.67. The fourth-order valence-electron chi connectivity index (χ4n) is 2.73. The van der Waals surface area contributed by atoms with E-state index in [0.29, 0.717) is 16.7 Å². The van der Waals surface area contributed by atoms with Crippen LogP contribution in [0.2, 0.25) is 5.02 Å². The molecule has 1 heterocycles. The number of rotatable bonds is 6. The van der Waals surface area contributed by atoms with E-state index in [0.717, 1.165) is 29.4 Å². The van der Waals surface area contributed by atoms with Gasteiger partial charge in [-0.05, 0) is 44.2 Å². The van der Waals surface area contributed by atoms with E-state index < -0.39 is 0 Å². The van der Waals surface area contributed by atoms with Gasteiger partial charge >= 0.3 is 0 Å². The van der Waals surface area contributed by atoms with Gasteiger partial charge in [0.05, 0.1) is 12.8 Å². The third-order valence-electron chi connectivity index (χ3n) is 3.91. The van der Waals surface area contributed by atoms with Gasteiger partial charge < -0.3 is 15.0 Å². The fraction of sp³-hybridized carbons (Fsp3) is 0.200. The molecular formula is C20H21ClN4O. The highest BCUT2D eigenvalue weighted by Crippen LogP contribution is 2.31. The van der Waals surface area contributed by atoms with Crippen LogP contribution in [0.4, 0.5) is 23.1 Å². The van der Waals surface area contributed by atoms with Crippen LogP contribution in [-0.4, -0.2) is 23.6 Å². The summed E-state index contributed by atoms with van der Waals surface area (Å²) in [6.07, 6.45) is 0. The van der Waals surface area contributed by atoms with Crippen molar-refractivity contribution < 1.29 is 4.74 Å². The van der Waals surface area contributed by atoms with Crippen LogP contribution in [0, 0.1) is 6.92 Å². The zero-order valence-electron chi connectivity index (χ0n) is 15.0. The van der Waals surface area contributed by atoms with Gasteiger partial charge in [-0.15, -0.1) is 0 Å². The molecule has 2 aromatic carbocycles. The maximum absolute atomic E-state index is 6.11. The van der Waals surface area contributed by atoms with Gasteiger partial charge in [-0.1, -0.05) is 29.8 Å². The zero-order valence-corrected chi connectivity index (χ0v) is 15.8. The number of aryl methyl sites for hydroxylation is 1. The molecule has 0 saturated heterocycles. The number of ether oxygens (including phenoxy) is 1. The number of nitrogens with zero attached hydrogens (tertiary/aromatic N) is 3. The van der Waals surface area contributed by atoms with E-state index in [1.165, 1.54) is 0 Å². The summed E-state index contributed by atoms with van der Waals surface area (Å²) in [5, 5.41) is 3.83. The molecule has 0 bridgehead atoms. The molecule has 0 unspecified atom stereocenters. The Morgan fingerprint density at radius 1 is 1.08 bits per heavy atom. The number of benzene rings is 2. The molecule has 0 radical (unpaired) electrons. The largest absolute Gasteiger partial charge is 0.495 e. The molecule has 5 nitrogen and oxygen atoms in total. The maximum Gasteiger partial charge on any atom is 0.229 e. The van der Waals surface area contributed by atoms with E-state index >= 15 is 0 Å². The van der Waals surface area contributed by atoms with E-state index in [9.17, 15) is 0 Å². The lowest BCUT2D eigenvalue weighted by molar-refractivity contribution is 0.417. The summed E-state index contributed by atoms with van der Waals surface area (Å²) >= 11 is 6.11. The average Bonchev–Trinajstić information content (AvgIpc) is 2.63. The zero-order chi connectivity index (χ0) is 18.5. The standard InChI is InChI=1S/C20H21ClN4O/c1-4-25(16-8-6-5-7-9-16)19-12-14(2)22-20(24-19)23-17-13-15(21)10-11-18(17)26-3/h5-13H,4H2,1-3H3,(H,22,23,24). The Hall–Kier alpha value is -2.79. The first-order chi connectivity index (χ1) is 12.6. The molecule has 0 aliphatic rings. The van der Waals surface area contributed by atoms with Crippen molar-refractivity contribution in [2.75, 3.05) is 23.9 Å². The van der Waals surface area contributed by atoms with E-state index in [-0.39, 0.29) is 0 Å². The lowest BCUT2D eigenvalue weighted by Gasteiger charge is -2.23. The smallest absolute Gasteiger partial charge is 0.229 e. The van der Waals surface area contributed by atoms with Crippen LogP contribution in [0.3, 0.4) is 0 Å². The Labute approximate surface area is 158 Å². The van der Waals surface area contributed by atoms with E-state index in [4.69, 9.17) is 16.3 Å². The Morgan fingerprint density at radius 3 is 2.54 bits per heavy atom. The molecule has 0 amide bonds. The van der Waals surface area contributed by atoms with Crippen molar-refractivity contribution in [3.63, 3.8) is 0 Å². The Morgan fingerprint density at radius 2 is 1.85 bits per heavy atom. The van der Waals surface area contributed by atoms with Crippen molar-refractivity contribution >= 4 is 34.7 Å². The number of nitrogens with one attached hydrogen (secondary N) is 1. The molecule has 0 fully saturated rings. The summed E-state index contributed by atoms with van der Waals surface area (Å²) in [6, 6.07) is 17.5. The summed E-state index contributed by atoms with van der Waals surface area (Å²) in [7, 11) is 1.62. The minimum atomic E-state index is 0.495. The molecule has 0 spiro atoms. The van der Waals surface area contributed by atoms with Gasteiger partial charge in [0.1, 0.15) is 11.6 Å². The third-order valence-corrected chi connectivity index (χ3v) is 4.14. The van der Waals surface area contributed by atoms with Crippen molar-refractivity contribution in [2.45, 2.75) is 13.8 Å². The SMILES string of the molecule is CCN(c1ccccc1)c1cc(C)nc(Nc2cc(Cl)ccc2OC)n1. The Bertz CT molecular complexity index is 886. The molecule has 0 saturated carbocycles. The number of hydrogen-bond acceptors (Lipinski definition) is 5. The topological polar surface area (TPSA) is 50.3 Å². The van der Waals surface area contributed by atoms with Gasteiger partial charge in [-0.3, -0.25) is 0 Å². The molecule has 1 N–H and O–H groups in total.